The lowest BCUT2D eigenvalue weighted by Crippen LogP contribution is -2.08. The quantitative estimate of drug-likeness (QED) is 0.851. The van der Waals surface area contributed by atoms with Gasteiger partial charge in [0.15, 0.2) is 0 Å². The highest BCUT2D eigenvalue weighted by Gasteiger charge is 2.26. The molecule has 0 aromatic heterocycles. The average Bonchev–Trinajstić information content (AvgIpc) is 2.82. The van der Waals surface area contributed by atoms with Crippen molar-refractivity contribution in [2.24, 2.45) is 0 Å². The molecule has 1 atom stereocenters. The highest BCUT2D eigenvalue weighted by Crippen LogP contribution is 2.28. The van der Waals surface area contributed by atoms with Crippen molar-refractivity contribution in [3.63, 3.8) is 0 Å². The molecule has 1 aliphatic heterocycles. The first-order chi connectivity index (χ1) is 9.33. The minimum atomic E-state index is -0.322. The van der Waals surface area contributed by atoms with Gasteiger partial charge in [-0.2, -0.15) is 0 Å². The van der Waals surface area contributed by atoms with Crippen molar-refractivity contribution in [3.05, 3.63) is 78.0 Å². The standard InChI is InChI=1S/C16H13NO2/c18-16-14(17-13-9-5-2-6-10-13)11-15(19-16)12-7-3-1-4-8-12/h1-11,15,17H/t15-/m1/s1. The molecule has 19 heavy (non-hydrogen) atoms. The lowest BCUT2D eigenvalue weighted by Gasteiger charge is -2.07. The van der Waals surface area contributed by atoms with Gasteiger partial charge in [-0.25, -0.2) is 4.79 Å². The van der Waals surface area contributed by atoms with Gasteiger partial charge in [-0.05, 0) is 23.8 Å². The minimum Gasteiger partial charge on any atom is -0.448 e. The number of ether oxygens (including phenoxy) is 1. The van der Waals surface area contributed by atoms with Crippen LogP contribution in [0.4, 0.5) is 5.69 Å². The van der Waals surface area contributed by atoms with Crippen molar-refractivity contribution in [2.75, 3.05) is 5.32 Å². The molecule has 3 nitrogen and oxygen atoms in total. The van der Waals surface area contributed by atoms with Crippen molar-refractivity contribution in [1.82, 2.24) is 0 Å². The van der Waals surface area contributed by atoms with Crippen LogP contribution in [0.2, 0.25) is 0 Å². The monoisotopic (exact) mass is 251 g/mol. The Morgan fingerprint density at radius 1 is 0.895 bits per heavy atom. The topological polar surface area (TPSA) is 38.3 Å². The predicted octanol–water partition coefficient (Wildman–Crippen LogP) is 3.28. The van der Waals surface area contributed by atoms with Gasteiger partial charge >= 0.3 is 5.97 Å². The number of hydrogen-bond donors (Lipinski definition) is 1. The number of rotatable bonds is 3. The van der Waals surface area contributed by atoms with Gasteiger partial charge in [0.1, 0.15) is 11.8 Å². The summed E-state index contributed by atoms with van der Waals surface area (Å²) in [5.74, 6) is -0.322. The molecule has 0 amide bonds. The fraction of sp³-hybridized carbons (Fsp3) is 0.0625. The van der Waals surface area contributed by atoms with E-state index in [1.54, 1.807) is 0 Å². The summed E-state index contributed by atoms with van der Waals surface area (Å²) >= 11 is 0. The maximum Gasteiger partial charge on any atom is 0.355 e. The van der Waals surface area contributed by atoms with E-state index in [9.17, 15) is 4.79 Å². The third-order valence-corrected chi connectivity index (χ3v) is 2.95. The molecule has 0 fully saturated rings. The molecule has 0 bridgehead atoms. The molecule has 1 heterocycles. The van der Waals surface area contributed by atoms with Gasteiger partial charge < -0.3 is 10.1 Å². The van der Waals surface area contributed by atoms with E-state index < -0.39 is 0 Å². The zero-order chi connectivity index (χ0) is 13.1. The van der Waals surface area contributed by atoms with Crippen LogP contribution in [0.25, 0.3) is 0 Å². The summed E-state index contributed by atoms with van der Waals surface area (Å²) in [6, 6.07) is 19.3. The van der Waals surface area contributed by atoms with E-state index in [1.807, 2.05) is 66.7 Å². The largest absolute Gasteiger partial charge is 0.448 e. The van der Waals surface area contributed by atoms with Crippen molar-refractivity contribution in [1.29, 1.82) is 0 Å². The molecule has 2 aromatic rings. The highest BCUT2D eigenvalue weighted by atomic mass is 16.5. The molecule has 0 saturated carbocycles. The van der Waals surface area contributed by atoms with Gasteiger partial charge in [0, 0.05) is 5.69 Å². The van der Waals surface area contributed by atoms with Crippen molar-refractivity contribution >= 4 is 11.7 Å². The summed E-state index contributed by atoms with van der Waals surface area (Å²) in [6.45, 7) is 0. The van der Waals surface area contributed by atoms with Crippen LogP contribution in [0.3, 0.4) is 0 Å². The number of anilines is 1. The lowest BCUT2D eigenvalue weighted by molar-refractivity contribution is -0.139. The molecule has 1 N–H and O–H groups in total. The Bertz CT molecular complexity index is 605. The van der Waals surface area contributed by atoms with Crippen molar-refractivity contribution < 1.29 is 9.53 Å². The minimum absolute atomic E-state index is 0.306. The van der Waals surface area contributed by atoms with Gasteiger partial charge in [-0.3, -0.25) is 0 Å². The number of para-hydroxylation sites is 1. The first kappa shape index (κ1) is 11.5. The second kappa shape index (κ2) is 4.98. The van der Waals surface area contributed by atoms with Gasteiger partial charge in [-0.1, -0.05) is 48.5 Å². The summed E-state index contributed by atoms with van der Waals surface area (Å²) in [6.07, 6.45) is 1.50. The Balaban J connectivity index is 1.81. The van der Waals surface area contributed by atoms with Crippen LogP contribution in [0.15, 0.2) is 72.4 Å². The Labute approximate surface area is 111 Å². The molecule has 2 aromatic carbocycles. The summed E-state index contributed by atoms with van der Waals surface area (Å²) in [5, 5.41) is 3.08. The molecule has 94 valence electrons. The average molecular weight is 251 g/mol. The molecule has 0 spiro atoms. The number of esters is 1. The Kier molecular flexibility index (Phi) is 3.02. The van der Waals surface area contributed by atoms with E-state index in [1.165, 1.54) is 0 Å². The maximum absolute atomic E-state index is 11.8. The second-order valence-electron chi connectivity index (χ2n) is 4.31. The van der Waals surface area contributed by atoms with Gasteiger partial charge in [0.05, 0.1) is 0 Å². The normalized spacial score (nSPS) is 17.8. The van der Waals surface area contributed by atoms with Crippen LogP contribution >= 0.6 is 0 Å². The number of cyclic esters (lactones) is 1. The fourth-order valence-corrected chi connectivity index (χ4v) is 2.01. The van der Waals surface area contributed by atoms with Crippen LogP contribution in [0, 0.1) is 0 Å². The molecular weight excluding hydrogens is 238 g/mol. The Hall–Kier alpha value is -2.55. The third-order valence-electron chi connectivity index (χ3n) is 2.95. The summed E-state index contributed by atoms with van der Waals surface area (Å²) in [4.78, 5) is 11.8. The summed E-state index contributed by atoms with van der Waals surface area (Å²) < 4.78 is 5.34. The van der Waals surface area contributed by atoms with E-state index in [2.05, 4.69) is 5.32 Å². The molecule has 0 saturated heterocycles. The van der Waals surface area contributed by atoms with Crippen LogP contribution in [0.1, 0.15) is 11.7 Å². The first-order valence-corrected chi connectivity index (χ1v) is 6.13. The number of benzene rings is 2. The SMILES string of the molecule is O=C1O[C@@H](c2ccccc2)C=C1Nc1ccccc1. The zero-order valence-electron chi connectivity index (χ0n) is 10.2. The van der Waals surface area contributed by atoms with Crippen LogP contribution in [0.5, 0.6) is 0 Å². The number of hydrogen-bond acceptors (Lipinski definition) is 3. The van der Waals surface area contributed by atoms with Crippen LogP contribution in [-0.2, 0) is 9.53 Å². The lowest BCUT2D eigenvalue weighted by atomic mass is 10.1. The smallest absolute Gasteiger partial charge is 0.355 e. The van der Waals surface area contributed by atoms with E-state index in [-0.39, 0.29) is 12.1 Å². The molecule has 1 aliphatic rings. The summed E-state index contributed by atoms with van der Waals surface area (Å²) in [5.41, 5.74) is 2.33. The highest BCUT2D eigenvalue weighted by molar-refractivity contribution is 5.94. The first-order valence-electron chi connectivity index (χ1n) is 6.13. The number of carbonyl (C=O) groups excluding carboxylic acids is 1. The molecule has 0 unspecified atom stereocenters. The fourth-order valence-electron chi connectivity index (χ4n) is 2.01. The maximum atomic E-state index is 11.8. The predicted molar refractivity (Wildman–Crippen MR) is 73.4 cm³/mol. The van der Waals surface area contributed by atoms with Crippen LogP contribution < -0.4 is 5.32 Å². The van der Waals surface area contributed by atoms with Gasteiger partial charge in [0.2, 0.25) is 0 Å². The van der Waals surface area contributed by atoms with Crippen molar-refractivity contribution in [2.45, 2.75) is 6.10 Å². The summed E-state index contributed by atoms with van der Waals surface area (Å²) in [7, 11) is 0. The van der Waals surface area contributed by atoms with E-state index in [0.29, 0.717) is 5.70 Å². The molecule has 0 radical (unpaired) electrons. The molecule has 3 rings (SSSR count). The van der Waals surface area contributed by atoms with E-state index in [4.69, 9.17) is 4.74 Å². The van der Waals surface area contributed by atoms with Gasteiger partial charge in [0.25, 0.3) is 0 Å². The number of carbonyl (C=O) groups is 1. The number of nitrogens with one attached hydrogen (secondary N) is 1. The molecule has 3 heteroatoms. The zero-order valence-corrected chi connectivity index (χ0v) is 10.2. The van der Waals surface area contributed by atoms with Gasteiger partial charge in [-0.15, -0.1) is 0 Å². The second-order valence-corrected chi connectivity index (χ2v) is 4.31. The van der Waals surface area contributed by atoms with E-state index in [0.717, 1.165) is 11.3 Å². The van der Waals surface area contributed by atoms with Crippen LogP contribution in [-0.4, -0.2) is 5.97 Å². The Morgan fingerprint density at radius 3 is 2.21 bits per heavy atom. The molecule has 0 aliphatic carbocycles. The third kappa shape index (κ3) is 2.50. The van der Waals surface area contributed by atoms with Crippen molar-refractivity contribution in [3.8, 4) is 0 Å². The Morgan fingerprint density at radius 2 is 1.53 bits per heavy atom. The van der Waals surface area contributed by atoms with E-state index >= 15 is 0 Å². The molecular formula is C16H13NO2.